The van der Waals surface area contributed by atoms with E-state index in [0.717, 1.165) is 24.3 Å². The molecule has 0 radical (unpaired) electrons. The number of hydrogen-bond donors (Lipinski definition) is 0. The van der Waals surface area contributed by atoms with Gasteiger partial charge in [-0.15, -0.1) is 0 Å². The molecule has 0 heterocycles. The molecule has 1 fully saturated rings. The van der Waals surface area contributed by atoms with E-state index in [4.69, 9.17) is 11.6 Å². The summed E-state index contributed by atoms with van der Waals surface area (Å²) in [6, 6.07) is 10.5. The van der Waals surface area contributed by atoms with Crippen molar-refractivity contribution in [2.24, 2.45) is 11.3 Å². The zero-order chi connectivity index (χ0) is 12.3. The van der Waals surface area contributed by atoms with Crippen molar-refractivity contribution in [1.82, 2.24) is 0 Å². The van der Waals surface area contributed by atoms with Crippen LogP contribution in [0.2, 0.25) is 5.02 Å². The lowest BCUT2D eigenvalue weighted by Crippen LogP contribution is -2.28. The number of nitriles is 1. The highest BCUT2D eigenvalue weighted by atomic mass is 35.5. The summed E-state index contributed by atoms with van der Waals surface area (Å²) in [4.78, 5) is 0. The van der Waals surface area contributed by atoms with Gasteiger partial charge in [-0.2, -0.15) is 5.26 Å². The van der Waals surface area contributed by atoms with Crippen molar-refractivity contribution < 1.29 is 0 Å². The van der Waals surface area contributed by atoms with Crippen LogP contribution in [0.25, 0.3) is 0 Å². The molecule has 0 saturated heterocycles. The molecule has 0 bridgehead atoms. The van der Waals surface area contributed by atoms with Crippen LogP contribution in [0, 0.1) is 22.7 Å². The van der Waals surface area contributed by atoms with Crippen molar-refractivity contribution in [2.75, 3.05) is 0 Å². The van der Waals surface area contributed by atoms with Crippen LogP contribution in [0.3, 0.4) is 0 Å². The highest BCUT2D eigenvalue weighted by Gasteiger charge is 2.35. The lowest BCUT2D eigenvalue weighted by Gasteiger charge is -2.34. The second-order valence-corrected chi connectivity index (χ2v) is 5.84. The van der Waals surface area contributed by atoms with Gasteiger partial charge in [0, 0.05) is 5.02 Å². The molecule has 0 amide bonds. The standard InChI is InChI=1S/C15H18ClN/c1-12-4-3-7-15(9-12,11-17)10-13-5-2-6-14(16)8-13/h2,5-6,8,12H,3-4,7,9-10H2,1H3. The summed E-state index contributed by atoms with van der Waals surface area (Å²) in [7, 11) is 0. The van der Waals surface area contributed by atoms with Gasteiger partial charge in [0.15, 0.2) is 0 Å². The normalized spacial score (nSPS) is 28.6. The highest BCUT2D eigenvalue weighted by molar-refractivity contribution is 6.30. The van der Waals surface area contributed by atoms with Crippen molar-refractivity contribution in [2.45, 2.75) is 39.0 Å². The second kappa shape index (κ2) is 5.10. The maximum absolute atomic E-state index is 9.51. The second-order valence-electron chi connectivity index (χ2n) is 5.40. The third kappa shape index (κ3) is 3.01. The number of nitrogens with zero attached hydrogens (tertiary/aromatic N) is 1. The number of halogens is 1. The van der Waals surface area contributed by atoms with Crippen LogP contribution in [0.4, 0.5) is 0 Å². The first-order chi connectivity index (χ1) is 8.13. The smallest absolute Gasteiger partial charge is 0.0693 e. The molecule has 1 aromatic carbocycles. The van der Waals surface area contributed by atoms with E-state index in [0.29, 0.717) is 5.92 Å². The van der Waals surface area contributed by atoms with Crippen LogP contribution in [-0.4, -0.2) is 0 Å². The molecule has 1 nitrogen and oxygen atoms in total. The summed E-state index contributed by atoms with van der Waals surface area (Å²) in [6.45, 7) is 2.25. The molecule has 0 spiro atoms. The van der Waals surface area contributed by atoms with E-state index < -0.39 is 0 Å². The molecule has 0 aliphatic heterocycles. The van der Waals surface area contributed by atoms with E-state index in [1.165, 1.54) is 18.4 Å². The topological polar surface area (TPSA) is 23.8 Å². The molecule has 0 aromatic heterocycles. The molecule has 1 aliphatic rings. The van der Waals surface area contributed by atoms with E-state index in [1.54, 1.807) is 0 Å². The average Bonchev–Trinajstić information content (AvgIpc) is 2.29. The highest BCUT2D eigenvalue weighted by Crippen LogP contribution is 2.41. The fourth-order valence-electron chi connectivity index (χ4n) is 3.00. The summed E-state index contributed by atoms with van der Waals surface area (Å²) >= 11 is 6.00. The lowest BCUT2D eigenvalue weighted by molar-refractivity contribution is 0.209. The Bertz CT molecular complexity index is 435. The Morgan fingerprint density at radius 1 is 1.53 bits per heavy atom. The Morgan fingerprint density at radius 3 is 3.00 bits per heavy atom. The quantitative estimate of drug-likeness (QED) is 0.749. The van der Waals surface area contributed by atoms with Crippen molar-refractivity contribution >= 4 is 11.6 Å². The maximum Gasteiger partial charge on any atom is 0.0693 e. The molecular formula is C15H18ClN. The predicted octanol–water partition coefficient (Wildman–Crippen LogP) is 4.60. The summed E-state index contributed by atoms with van der Waals surface area (Å²) in [5.41, 5.74) is 1.02. The predicted molar refractivity (Wildman–Crippen MR) is 70.8 cm³/mol. The fraction of sp³-hybridized carbons (Fsp3) is 0.533. The molecular weight excluding hydrogens is 230 g/mol. The molecule has 1 aromatic rings. The maximum atomic E-state index is 9.51. The van der Waals surface area contributed by atoms with Gasteiger partial charge in [-0.3, -0.25) is 0 Å². The molecule has 1 aliphatic carbocycles. The Balaban J connectivity index is 2.17. The van der Waals surface area contributed by atoms with E-state index in [2.05, 4.69) is 19.1 Å². The van der Waals surface area contributed by atoms with Crippen molar-refractivity contribution in [1.29, 1.82) is 5.26 Å². The first-order valence-electron chi connectivity index (χ1n) is 6.29. The molecule has 17 heavy (non-hydrogen) atoms. The summed E-state index contributed by atoms with van der Waals surface area (Å²) in [5.74, 6) is 0.669. The molecule has 0 N–H and O–H groups in total. The minimum atomic E-state index is -0.164. The van der Waals surface area contributed by atoms with Gasteiger partial charge < -0.3 is 0 Å². The molecule has 2 heteroatoms. The van der Waals surface area contributed by atoms with Crippen LogP contribution >= 0.6 is 11.6 Å². The Labute approximate surface area is 108 Å². The SMILES string of the molecule is CC1CCCC(C#N)(Cc2cccc(Cl)c2)C1. The zero-order valence-corrected chi connectivity index (χ0v) is 11.0. The minimum absolute atomic E-state index is 0.164. The Morgan fingerprint density at radius 2 is 2.35 bits per heavy atom. The van der Waals surface area contributed by atoms with Gasteiger partial charge in [0.1, 0.15) is 0 Å². The monoisotopic (exact) mass is 247 g/mol. The number of benzene rings is 1. The van der Waals surface area contributed by atoms with Gasteiger partial charge in [0.05, 0.1) is 11.5 Å². The first-order valence-corrected chi connectivity index (χ1v) is 6.67. The average molecular weight is 248 g/mol. The summed E-state index contributed by atoms with van der Waals surface area (Å²) in [6.07, 6.45) is 5.33. The molecule has 2 unspecified atom stereocenters. The molecule has 90 valence electrons. The van der Waals surface area contributed by atoms with Crippen molar-refractivity contribution in [3.63, 3.8) is 0 Å². The van der Waals surface area contributed by atoms with E-state index in [9.17, 15) is 5.26 Å². The van der Waals surface area contributed by atoms with Crippen molar-refractivity contribution in [3.8, 4) is 6.07 Å². The van der Waals surface area contributed by atoms with Gasteiger partial charge in [0.25, 0.3) is 0 Å². The van der Waals surface area contributed by atoms with E-state index in [-0.39, 0.29) is 5.41 Å². The lowest BCUT2D eigenvalue weighted by atomic mass is 9.68. The number of rotatable bonds is 2. The molecule has 2 rings (SSSR count). The van der Waals surface area contributed by atoms with E-state index in [1.807, 2.05) is 18.2 Å². The molecule has 1 saturated carbocycles. The molecule has 2 atom stereocenters. The van der Waals surface area contributed by atoms with Gasteiger partial charge in [0.2, 0.25) is 0 Å². The minimum Gasteiger partial charge on any atom is -0.198 e. The zero-order valence-electron chi connectivity index (χ0n) is 10.2. The van der Waals surface area contributed by atoms with Gasteiger partial charge in [-0.05, 0) is 42.9 Å². The van der Waals surface area contributed by atoms with Gasteiger partial charge in [-0.1, -0.05) is 43.5 Å². The van der Waals surface area contributed by atoms with E-state index >= 15 is 0 Å². The van der Waals surface area contributed by atoms with Crippen LogP contribution < -0.4 is 0 Å². The number of hydrogen-bond acceptors (Lipinski definition) is 1. The van der Waals surface area contributed by atoms with Crippen LogP contribution in [0.15, 0.2) is 24.3 Å². The van der Waals surface area contributed by atoms with Gasteiger partial charge in [-0.25, -0.2) is 0 Å². The third-order valence-electron chi connectivity index (χ3n) is 3.76. The fourth-order valence-corrected chi connectivity index (χ4v) is 3.21. The summed E-state index contributed by atoms with van der Waals surface area (Å²) < 4.78 is 0. The third-order valence-corrected chi connectivity index (χ3v) is 4.00. The first kappa shape index (κ1) is 12.5. The largest absolute Gasteiger partial charge is 0.198 e. The Kier molecular flexibility index (Phi) is 3.74. The van der Waals surface area contributed by atoms with Crippen LogP contribution in [0.1, 0.15) is 38.2 Å². The van der Waals surface area contributed by atoms with Gasteiger partial charge >= 0.3 is 0 Å². The Hall–Kier alpha value is -1.00. The van der Waals surface area contributed by atoms with Crippen LogP contribution in [-0.2, 0) is 6.42 Å². The van der Waals surface area contributed by atoms with Crippen LogP contribution in [0.5, 0.6) is 0 Å². The summed E-state index contributed by atoms with van der Waals surface area (Å²) in [5, 5.41) is 10.3. The van der Waals surface area contributed by atoms with Crippen molar-refractivity contribution in [3.05, 3.63) is 34.9 Å².